The first-order valence-electron chi connectivity index (χ1n) is 5.87. The van der Waals surface area contributed by atoms with Crippen LogP contribution in [0.15, 0.2) is 36.4 Å². The van der Waals surface area contributed by atoms with Gasteiger partial charge in [-0.25, -0.2) is 0 Å². The van der Waals surface area contributed by atoms with E-state index in [2.05, 4.69) is 0 Å². The molecule has 2 rings (SSSR count). The summed E-state index contributed by atoms with van der Waals surface area (Å²) in [5, 5.41) is 1.75. The summed E-state index contributed by atoms with van der Waals surface area (Å²) in [5.41, 5.74) is 0.645. The highest BCUT2D eigenvalue weighted by molar-refractivity contribution is 7.18. The van der Waals surface area contributed by atoms with E-state index in [1.165, 1.54) is 13.0 Å². The van der Waals surface area contributed by atoms with Crippen LogP contribution in [0.3, 0.4) is 0 Å². The molecule has 1 heterocycles. The number of amides is 1. The molecule has 0 aliphatic rings. The number of rotatable bonds is 3. The predicted molar refractivity (Wildman–Crippen MR) is 74.4 cm³/mol. The molecule has 0 spiro atoms. The molecule has 0 aliphatic heterocycles. The van der Waals surface area contributed by atoms with Crippen LogP contribution in [0.4, 0.5) is 18.9 Å². The van der Waals surface area contributed by atoms with Crippen molar-refractivity contribution < 1.29 is 22.8 Å². The van der Waals surface area contributed by atoms with Gasteiger partial charge in [-0.2, -0.15) is 13.2 Å². The molecule has 0 bridgehead atoms. The highest BCUT2D eigenvalue weighted by Gasteiger charge is 2.39. The van der Waals surface area contributed by atoms with Crippen LogP contribution in [-0.2, 0) is 4.79 Å². The predicted octanol–water partition coefficient (Wildman–Crippen LogP) is 4.12. The molecule has 0 aliphatic carbocycles. The number of hydrogen-bond donors (Lipinski definition) is 1. The molecule has 0 saturated heterocycles. The molecule has 0 fully saturated rings. The topological polar surface area (TPSA) is 46.2 Å². The average molecular weight is 313 g/mol. The molecule has 7 heteroatoms. The quantitative estimate of drug-likeness (QED) is 0.867. The summed E-state index contributed by atoms with van der Waals surface area (Å²) in [6.45, 7) is 1.24. The number of anilines is 1. The van der Waals surface area contributed by atoms with E-state index in [0.717, 1.165) is 16.9 Å². The summed E-state index contributed by atoms with van der Waals surface area (Å²) >= 11 is 1.04. The lowest BCUT2D eigenvalue weighted by Crippen LogP contribution is -2.30. The van der Waals surface area contributed by atoms with Crippen molar-refractivity contribution in [2.75, 3.05) is 5.32 Å². The third-order valence-electron chi connectivity index (χ3n) is 2.62. The molecule has 3 nitrogen and oxygen atoms in total. The van der Waals surface area contributed by atoms with E-state index < -0.39 is 17.9 Å². The van der Waals surface area contributed by atoms with Crippen LogP contribution in [0.1, 0.15) is 16.6 Å². The van der Waals surface area contributed by atoms with Crippen LogP contribution in [0.2, 0.25) is 0 Å². The minimum atomic E-state index is -5.00. The Balaban J connectivity index is 2.39. The molecule has 0 saturated carbocycles. The number of carbonyl (C=O) groups is 2. The number of carbonyl (C=O) groups excluding carboxylic acids is 2. The van der Waals surface area contributed by atoms with Gasteiger partial charge in [-0.05, 0) is 11.6 Å². The van der Waals surface area contributed by atoms with Gasteiger partial charge in [0, 0.05) is 11.8 Å². The van der Waals surface area contributed by atoms with Gasteiger partial charge in [-0.3, -0.25) is 9.59 Å². The van der Waals surface area contributed by atoms with E-state index in [4.69, 9.17) is 0 Å². The van der Waals surface area contributed by atoms with E-state index in [1.54, 1.807) is 35.6 Å². The Hall–Kier alpha value is -2.15. The fourth-order valence-corrected chi connectivity index (χ4v) is 2.70. The Morgan fingerprint density at radius 1 is 1.14 bits per heavy atom. The number of ketones is 1. The standard InChI is InChI=1S/C14H10F3NO2S/c1-8(19)12-10(18-13(20)14(15,16)17)7-11(21-12)9-5-3-2-4-6-9/h2-7H,1H3,(H,18,20). The SMILES string of the molecule is CC(=O)c1sc(-c2ccccc2)cc1NC(=O)C(F)(F)F. The molecule has 1 aromatic carbocycles. The van der Waals surface area contributed by atoms with Crippen LogP contribution < -0.4 is 5.32 Å². The third kappa shape index (κ3) is 3.49. The molecule has 1 aromatic heterocycles. The summed E-state index contributed by atoms with van der Waals surface area (Å²) in [5.74, 6) is -2.50. The number of Topliss-reactive ketones (excluding diaryl/α,β-unsaturated/α-hetero) is 1. The van der Waals surface area contributed by atoms with Gasteiger partial charge in [-0.1, -0.05) is 30.3 Å². The number of hydrogen-bond acceptors (Lipinski definition) is 3. The average Bonchev–Trinajstić information content (AvgIpc) is 2.83. The van der Waals surface area contributed by atoms with Gasteiger partial charge in [0.25, 0.3) is 0 Å². The van der Waals surface area contributed by atoms with Crippen molar-refractivity contribution in [2.24, 2.45) is 0 Å². The fourth-order valence-electron chi connectivity index (χ4n) is 1.68. The minimum Gasteiger partial charge on any atom is -0.317 e. The van der Waals surface area contributed by atoms with Crippen molar-refractivity contribution in [3.8, 4) is 10.4 Å². The molecule has 2 aromatic rings. The number of halogens is 3. The number of nitrogens with one attached hydrogen (secondary N) is 1. The maximum atomic E-state index is 12.3. The number of thiophene rings is 1. The molecule has 21 heavy (non-hydrogen) atoms. The zero-order valence-electron chi connectivity index (χ0n) is 10.8. The van der Waals surface area contributed by atoms with Crippen LogP contribution in [0.5, 0.6) is 0 Å². The van der Waals surface area contributed by atoms with E-state index in [9.17, 15) is 22.8 Å². The molecular formula is C14H10F3NO2S. The van der Waals surface area contributed by atoms with Gasteiger partial charge in [-0.15, -0.1) is 11.3 Å². The van der Waals surface area contributed by atoms with E-state index in [0.29, 0.717) is 4.88 Å². The van der Waals surface area contributed by atoms with Crippen molar-refractivity contribution in [1.82, 2.24) is 0 Å². The first-order chi connectivity index (χ1) is 9.79. The zero-order chi connectivity index (χ0) is 15.6. The van der Waals surface area contributed by atoms with Gasteiger partial charge in [0.05, 0.1) is 10.6 Å². The highest BCUT2D eigenvalue weighted by atomic mass is 32.1. The monoisotopic (exact) mass is 313 g/mol. The van der Waals surface area contributed by atoms with Crippen molar-refractivity contribution in [3.05, 3.63) is 41.3 Å². The van der Waals surface area contributed by atoms with Crippen molar-refractivity contribution in [2.45, 2.75) is 13.1 Å². The van der Waals surface area contributed by atoms with E-state index >= 15 is 0 Å². The molecule has 0 unspecified atom stereocenters. The van der Waals surface area contributed by atoms with Crippen molar-refractivity contribution in [1.29, 1.82) is 0 Å². The second kappa shape index (κ2) is 5.69. The highest BCUT2D eigenvalue weighted by Crippen LogP contribution is 2.35. The molecule has 1 amide bonds. The maximum absolute atomic E-state index is 12.3. The first-order valence-corrected chi connectivity index (χ1v) is 6.69. The smallest absolute Gasteiger partial charge is 0.317 e. The molecule has 1 N–H and O–H groups in total. The lowest BCUT2D eigenvalue weighted by Gasteiger charge is -2.07. The Bertz CT molecular complexity index is 677. The zero-order valence-corrected chi connectivity index (χ0v) is 11.6. The Morgan fingerprint density at radius 2 is 1.76 bits per heavy atom. The Morgan fingerprint density at radius 3 is 2.29 bits per heavy atom. The molecule has 0 radical (unpaired) electrons. The first kappa shape index (κ1) is 15.2. The van der Waals surface area contributed by atoms with Gasteiger partial charge < -0.3 is 5.32 Å². The summed E-state index contributed by atoms with van der Waals surface area (Å²) in [6.07, 6.45) is -5.00. The molecular weight excluding hydrogens is 303 g/mol. The third-order valence-corrected chi connectivity index (χ3v) is 3.90. The number of alkyl halides is 3. The molecule has 110 valence electrons. The number of benzene rings is 1. The summed E-state index contributed by atoms with van der Waals surface area (Å²) in [7, 11) is 0. The lowest BCUT2D eigenvalue weighted by atomic mass is 10.2. The van der Waals surface area contributed by atoms with Gasteiger partial charge in [0.2, 0.25) is 0 Å². The van der Waals surface area contributed by atoms with Gasteiger partial charge in [0.15, 0.2) is 5.78 Å². The van der Waals surface area contributed by atoms with Crippen LogP contribution in [0.25, 0.3) is 10.4 Å². The minimum absolute atomic E-state index is 0.0893. The summed E-state index contributed by atoms with van der Waals surface area (Å²) < 4.78 is 36.9. The summed E-state index contributed by atoms with van der Waals surface area (Å²) in [6, 6.07) is 10.3. The second-order valence-electron chi connectivity index (χ2n) is 4.23. The van der Waals surface area contributed by atoms with E-state index in [1.807, 2.05) is 0 Å². The Kier molecular flexibility index (Phi) is 4.13. The normalized spacial score (nSPS) is 11.2. The molecule has 0 atom stereocenters. The fraction of sp³-hybridized carbons (Fsp3) is 0.143. The Labute approximate surface area is 122 Å². The maximum Gasteiger partial charge on any atom is 0.471 e. The van der Waals surface area contributed by atoms with Crippen molar-refractivity contribution >= 4 is 28.7 Å². The van der Waals surface area contributed by atoms with Crippen molar-refractivity contribution in [3.63, 3.8) is 0 Å². The van der Waals surface area contributed by atoms with Gasteiger partial charge in [0.1, 0.15) is 0 Å². The lowest BCUT2D eigenvalue weighted by molar-refractivity contribution is -0.167. The summed E-state index contributed by atoms with van der Waals surface area (Å²) in [4.78, 5) is 23.2. The van der Waals surface area contributed by atoms with Crippen LogP contribution in [-0.4, -0.2) is 17.9 Å². The second-order valence-corrected chi connectivity index (χ2v) is 5.28. The van der Waals surface area contributed by atoms with Gasteiger partial charge >= 0.3 is 12.1 Å². The largest absolute Gasteiger partial charge is 0.471 e. The van der Waals surface area contributed by atoms with Crippen LogP contribution >= 0.6 is 11.3 Å². The van der Waals surface area contributed by atoms with Crippen LogP contribution in [0, 0.1) is 0 Å². The van der Waals surface area contributed by atoms with E-state index in [-0.39, 0.29) is 10.6 Å².